The van der Waals surface area contributed by atoms with Gasteiger partial charge >= 0.3 is 6.09 Å². The summed E-state index contributed by atoms with van der Waals surface area (Å²) < 4.78 is 5.36. The Hall–Kier alpha value is -2.11. The Morgan fingerprint density at radius 3 is 2.82 bits per heavy atom. The molecule has 1 aliphatic rings. The van der Waals surface area contributed by atoms with Crippen molar-refractivity contribution in [1.82, 2.24) is 15.2 Å². The third-order valence-electron chi connectivity index (χ3n) is 3.35. The third kappa shape index (κ3) is 4.44. The van der Waals surface area contributed by atoms with Crippen LogP contribution in [0.15, 0.2) is 24.4 Å². The van der Waals surface area contributed by atoms with Crippen molar-refractivity contribution in [1.29, 1.82) is 0 Å². The molecular formula is C16H23N3O3. The lowest BCUT2D eigenvalue weighted by atomic mass is 10.2. The zero-order chi connectivity index (χ0) is 16.2. The van der Waals surface area contributed by atoms with Crippen LogP contribution in [0.4, 0.5) is 4.79 Å². The van der Waals surface area contributed by atoms with Gasteiger partial charge in [-0.3, -0.25) is 14.7 Å². The molecule has 2 rings (SSSR count). The Labute approximate surface area is 130 Å². The van der Waals surface area contributed by atoms with E-state index in [1.54, 1.807) is 6.20 Å². The number of pyridine rings is 1. The quantitative estimate of drug-likeness (QED) is 0.928. The van der Waals surface area contributed by atoms with Crippen LogP contribution in [0.2, 0.25) is 0 Å². The number of carbonyl (C=O) groups excluding carboxylic acids is 2. The first-order chi connectivity index (χ1) is 10.4. The highest BCUT2D eigenvalue weighted by molar-refractivity contribution is 5.86. The Balaban J connectivity index is 1.92. The highest BCUT2D eigenvalue weighted by Gasteiger charge is 2.36. The van der Waals surface area contributed by atoms with Crippen LogP contribution in [0, 0.1) is 0 Å². The number of nitrogens with zero attached hydrogens (tertiary/aromatic N) is 2. The fourth-order valence-corrected chi connectivity index (χ4v) is 2.38. The van der Waals surface area contributed by atoms with E-state index in [0.717, 1.165) is 12.1 Å². The molecular weight excluding hydrogens is 282 g/mol. The Morgan fingerprint density at radius 1 is 1.41 bits per heavy atom. The maximum Gasteiger partial charge on any atom is 0.410 e. The van der Waals surface area contributed by atoms with Crippen LogP contribution in [0.1, 0.15) is 39.3 Å². The molecule has 1 atom stereocenters. The lowest BCUT2D eigenvalue weighted by Gasteiger charge is -2.28. The number of aromatic nitrogens is 1. The molecule has 6 heteroatoms. The minimum absolute atomic E-state index is 0.158. The maximum absolute atomic E-state index is 12.3. The largest absolute Gasteiger partial charge is 0.444 e. The number of rotatable bonds is 3. The summed E-state index contributed by atoms with van der Waals surface area (Å²) in [6.07, 6.45) is 2.72. The summed E-state index contributed by atoms with van der Waals surface area (Å²) >= 11 is 0. The molecule has 0 saturated carbocycles. The molecule has 0 bridgehead atoms. The number of hydrogen-bond acceptors (Lipinski definition) is 4. The summed E-state index contributed by atoms with van der Waals surface area (Å²) in [5.41, 5.74) is 0.229. The molecule has 0 aliphatic carbocycles. The fraction of sp³-hybridized carbons (Fsp3) is 0.562. The van der Waals surface area contributed by atoms with Gasteiger partial charge in [0.2, 0.25) is 5.91 Å². The van der Waals surface area contributed by atoms with Gasteiger partial charge in [-0.2, -0.15) is 0 Å². The monoisotopic (exact) mass is 305 g/mol. The van der Waals surface area contributed by atoms with E-state index < -0.39 is 17.7 Å². The van der Waals surface area contributed by atoms with Crippen LogP contribution < -0.4 is 5.32 Å². The van der Waals surface area contributed by atoms with Crippen molar-refractivity contribution in [2.24, 2.45) is 0 Å². The van der Waals surface area contributed by atoms with Gasteiger partial charge < -0.3 is 10.1 Å². The first-order valence-electron chi connectivity index (χ1n) is 7.54. The van der Waals surface area contributed by atoms with Crippen molar-refractivity contribution in [2.45, 2.75) is 51.8 Å². The molecule has 1 unspecified atom stereocenters. The predicted molar refractivity (Wildman–Crippen MR) is 82.0 cm³/mol. The SMILES string of the molecule is CC(C)(C)OC(=O)N1CCCC1C(=O)NCc1ccccn1. The summed E-state index contributed by atoms with van der Waals surface area (Å²) in [7, 11) is 0. The number of amides is 2. The van der Waals surface area contributed by atoms with Crippen molar-refractivity contribution in [2.75, 3.05) is 6.54 Å². The zero-order valence-corrected chi connectivity index (χ0v) is 13.3. The van der Waals surface area contributed by atoms with Crippen molar-refractivity contribution in [3.05, 3.63) is 30.1 Å². The normalized spacial score (nSPS) is 18.1. The lowest BCUT2D eigenvalue weighted by Crippen LogP contribution is -2.47. The number of carbonyl (C=O) groups is 2. The van der Waals surface area contributed by atoms with E-state index in [9.17, 15) is 9.59 Å². The van der Waals surface area contributed by atoms with Crippen molar-refractivity contribution < 1.29 is 14.3 Å². The Bertz CT molecular complexity index is 525. The van der Waals surface area contributed by atoms with Crippen LogP contribution in [0.3, 0.4) is 0 Å². The van der Waals surface area contributed by atoms with E-state index in [-0.39, 0.29) is 5.91 Å². The average molecular weight is 305 g/mol. The van der Waals surface area contributed by atoms with Gasteiger partial charge in [0.05, 0.1) is 12.2 Å². The maximum atomic E-state index is 12.3. The van der Waals surface area contributed by atoms with Crippen molar-refractivity contribution in [3.8, 4) is 0 Å². The second kappa shape index (κ2) is 6.77. The summed E-state index contributed by atoms with van der Waals surface area (Å²) in [4.78, 5) is 30.1. The highest BCUT2D eigenvalue weighted by atomic mass is 16.6. The van der Waals surface area contributed by atoms with Gasteiger partial charge in [-0.1, -0.05) is 6.07 Å². The summed E-state index contributed by atoms with van der Waals surface area (Å²) in [6.45, 7) is 6.36. The first-order valence-corrected chi connectivity index (χ1v) is 7.54. The van der Waals surface area contributed by atoms with Gasteiger partial charge in [0, 0.05) is 12.7 Å². The first kappa shape index (κ1) is 16.3. The number of nitrogens with one attached hydrogen (secondary N) is 1. The zero-order valence-electron chi connectivity index (χ0n) is 13.3. The molecule has 1 fully saturated rings. The van der Waals surface area contributed by atoms with Gasteiger partial charge in [-0.15, -0.1) is 0 Å². The standard InChI is InChI=1S/C16H23N3O3/c1-16(2,3)22-15(21)19-10-6-8-13(19)14(20)18-11-12-7-4-5-9-17-12/h4-5,7,9,13H,6,8,10-11H2,1-3H3,(H,18,20). The van der Waals surface area contributed by atoms with E-state index in [2.05, 4.69) is 10.3 Å². The molecule has 0 spiro atoms. The topological polar surface area (TPSA) is 71.5 Å². The fourth-order valence-electron chi connectivity index (χ4n) is 2.38. The average Bonchev–Trinajstić information content (AvgIpc) is 2.93. The molecule has 1 aromatic heterocycles. The molecule has 1 aromatic rings. The van der Waals surface area contributed by atoms with Crippen LogP contribution >= 0.6 is 0 Å². The van der Waals surface area contributed by atoms with Crippen molar-refractivity contribution in [3.63, 3.8) is 0 Å². The molecule has 6 nitrogen and oxygen atoms in total. The van der Waals surface area contributed by atoms with Gasteiger partial charge in [0.25, 0.3) is 0 Å². The van der Waals surface area contributed by atoms with Crippen LogP contribution in [-0.2, 0) is 16.1 Å². The molecule has 2 heterocycles. The van der Waals surface area contributed by atoms with Gasteiger partial charge in [-0.25, -0.2) is 4.79 Å². The van der Waals surface area contributed by atoms with Gasteiger partial charge in [-0.05, 0) is 45.7 Å². The van der Waals surface area contributed by atoms with E-state index >= 15 is 0 Å². The Kier molecular flexibility index (Phi) is 5.00. The van der Waals surface area contributed by atoms with E-state index in [1.807, 2.05) is 39.0 Å². The Morgan fingerprint density at radius 2 is 2.18 bits per heavy atom. The highest BCUT2D eigenvalue weighted by Crippen LogP contribution is 2.21. The minimum atomic E-state index is -0.561. The molecule has 1 saturated heterocycles. The molecule has 1 N–H and O–H groups in total. The van der Waals surface area contributed by atoms with E-state index in [4.69, 9.17) is 4.74 Å². The van der Waals surface area contributed by atoms with Gasteiger partial charge in [0.1, 0.15) is 11.6 Å². The van der Waals surface area contributed by atoms with Crippen molar-refractivity contribution >= 4 is 12.0 Å². The molecule has 120 valence electrons. The summed E-state index contributed by atoms with van der Waals surface area (Å²) in [5, 5.41) is 2.84. The van der Waals surface area contributed by atoms with Crippen LogP contribution in [0.25, 0.3) is 0 Å². The van der Waals surface area contributed by atoms with E-state index in [0.29, 0.717) is 19.5 Å². The number of likely N-dealkylation sites (tertiary alicyclic amines) is 1. The third-order valence-corrected chi connectivity index (χ3v) is 3.35. The second-order valence-electron chi connectivity index (χ2n) is 6.37. The van der Waals surface area contributed by atoms with Crippen LogP contribution in [0.5, 0.6) is 0 Å². The smallest absolute Gasteiger partial charge is 0.410 e. The second-order valence-corrected chi connectivity index (χ2v) is 6.37. The minimum Gasteiger partial charge on any atom is -0.444 e. The predicted octanol–water partition coefficient (Wildman–Crippen LogP) is 2.10. The van der Waals surface area contributed by atoms with E-state index in [1.165, 1.54) is 4.90 Å². The number of hydrogen-bond donors (Lipinski definition) is 1. The lowest BCUT2D eigenvalue weighted by molar-refractivity contribution is -0.125. The van der Waals surface area contributed by atoms with Crippen LogP contribution in [-0.4, -0.2) is 40.1 Å². The molecule has 1 aliphatic heterocycles. The molecule has 0 radical (unpaired) electrons. The molecule has 2 amide bonds. The molecule has 0 aromatic carbocycles. The summed E-state index contributed by atoms with van der Waals surface area (Å²) in [5.74, 6) is -0.158. The number of ether oxygens (including phenoxy) is 1. The molecule has 22 heavy (non-hydrogen) atoms. The summed E-state index contributed by atoms with van der Waals surface area (Å²) in [6, 6.07) is 5.09. The van der Waals surface area contributed by atoms with Gasteiger partial charge in [0.15, 0.2) is 0 Å².